The highest BCUT2D eigenvalue weighted by Crippen LogP contribution is 2.64. The number of carbonyl (C=O) groups excluding carboxylic acids is 3. The fourth-order valence-electron chi connectivity index (χ4n) is 7.03. The van der Waals surface area contributed by atoms with Crippen LogP contribution in [0.4, 0.5) is 0 Å². The minimum absolute atomic E-state index is 0.00443. The Labute approximate surface area is 172 Å². The fraction of sp³-hybridized carbons (Fsp3) is 0.783. The molecule has 3 saturated carbocycles. The summed E-state index contributed by atoms with van der Waals surface area (Å²) in [5.41, 5.74) is 0.377. The predicted octanol–water partition coefficient (Wildman–Crippen LogP) is 2.96. The van der Waals surface area contributed by atoms with Crippen LogP contribution in [0.2, 0.25) is 0 Å². The van der Waals surface area contributed by atoms with E-state index in [9.17, 15) is 19.5 Å². The molecule has 0 bridgehead atoms. The lowest BCUT2D eigenvalue weighted by atomic mass is 9.47. The van der Waals surface area contributed by atoms with E-state index in [1.165, 1.54) is 13.8 Å². The zero-order valence-electron chi connectivity index (χ0n) is 17.6. The number of aliphatic hydroxyl groups excluding tert-OH is 1. The summed E-state index contributed by atoms with van der Waals surface area (Å²) < 4.78 is 11.0. The first-order valence-electron chi connectivity index (χ1n) is 10.9. The Morgan fingerprint density at radius 2 is 1.90 bits per heavy atom. The first kappa shape index (κ1) is 20.6. The molecular formula is C23H32O6. The number of ketones is 1. The lowest BCUT2D eigenvalue weighted by molar-refractivity contribution is -0.157. The van der Waals surface area contributed by atoms with Crippen LogP contribution < -0.4 is 0 Å². The van der Waals surface area contributed by atoms with Gasteiger partial charge in [-0.15, -0.1) is 0 Å². The van der Waals surface area contributed by atoms with Gasteiger partial charge in [0.1, 0.15) is 18.5 Å². The van der Waals surface area contributed by atoms with Crippen molar-refractivity contribution in [3.05, 3.63) is 11.6 Å². The SMILES string of the molecule is CC(=O)OCC12CCC(OC(C)=O)CC1=CC(O)C1C3CCC(=O)C3(C)CCC12. The summed E-state index contributed by atoms with van der Waals surface area (Å²) in [6.45, 7) is 5.21. The molecule has 0 aromatic rings. The second-order valence-electron chi connectivity index (χ2n) is 9.80. The Bertz CT molecular complexity index is 756. The van der Waals surface area contributed by atoms with E-state index in [-0.39, 0.29) is 46.6 Å². The highest BCUT2D eigenvalue weighted by Gasteiger charge is 2.62. The predicted molar refractivity (Wildman–Crippen MR) is 105 cm³/mol. The van der Waals surface area contributed by atoms with Crippen LogP contribution in [0.25, 0.3) is 0 Å². The fourth-order valence-corrected chi connectivity index (χ4v) is 7.03. The van der Waals surface area contributed by atoms with Gasteiger partial charge in [-0.1, -0.05) is 18.6 Å². The lowest BCUT2D eigenvalue weighted by Crippen LogP contribution is -2.57. The van der Waals surface area contributed by atoms with Crippen molar-refractivity contribution in [2.75, 3.05) is 6.61 Å². The van der Waals surface area contributed by atoms with Crippen LogP contribution in [0, 0.1) is 28.6 Å². The van der Waals surface area contributed by atoms with Gasteiger partial charge in [-0.25, -0.2) is 0 Å². The molecule has 6 nitrogen and oxygen atoms in total. The Hall–Kier alpha value is -1.69. The van der Waals surface area contributed by atoms with Crippen LogP contribution in [0.1, 0.15) is 65.7 Å². The Morgan fingerprint density at radius 1 is 1.14 bits per heavy atom. The summed E-state index contributed by atoms with van der Waals surface area (Å²) >= 11 is 0. The van der Waals surface area contributed by atoms with Crippen LogP contribution in [0.15, 0.2) is 11.6 Å². The molecule has 0 heterocycles. The Balaban J connectivity index is 1.71. The molecule has 6 heteroatoms. The van der Waals surface area contributed by atoms with Gasteiger partial charge >= 0.3 is 11.9 Å². The van der Waals surface area contributed by atoms with E-state index in [1.807, 2.05) is 6.08 Å². The Morgan fingerprint density at radius 3 is 2.59 bits per heavy atom. The minimum atomic E-state index is -0.618. The number of aliphatic hydroxyl groups is 1. The van der Waals surface area contributed by atoms with E-state index in [0.29, 0.717) is 25.2 Å². The van der Waals surface area contributed by atoms with Gasteiger partial charge in [-0.2, -0.15) is 0 Å². The molecule has 0 aliphatic heterocycles. The largest absolute Gasteiger partial charge is 0.465 e. The monoisotopic (exact) mass is 404 g/mol. The van der Waals surface area contributed by atoms with Gasteiger partial charge in [-0.3, -0.25) is 14.4 Å². The van der Waals surface area contributed by atoms with Crippen molar-refractivity contribution in [1.29, 1.82) is 0 Å². The molecule has 7 atom stereocenters. The molecule has 0 saturated heterocycles. The normalized spacial score (nSPS) is 43.5. The molecule has 4 rings (SSSR count). The number of Topliss-reactive ketones (excluding diaryl/α,β-unsaturated/α-hetero) is 1. The molecule has 160 valence electrons. The van der Waals surface area contributed by atoms with Crippen LogP contribution in [0.5, 0.6) is 0 Å². The van der Waals surface area contributed by atoms with Gasteiger partial charge < -0.3 is 14.6 Å². The average molecular weight is 405 g/mol. The molecule has 3 fully saturated rings. The molecule has 1 N–H and O–H groups in total. The molecule has 7 unspecified atom stereocenters. The standard InChI is InChI=1S/C23H32O6/c1-13(24)28-12-23-9-6-16(29-14(2)25)10-15(23)11-19(26)21-17-4-5-20(27)22(17,3)8-7-18(21)23/h11,16-19,21,26H,4-10,12H2,1-3H3. The molecule has 0 radical (unpaired) electrons. The van der Waals surface area contributed by atoms with Gasteiger partial charge in [0.05, 0.1) is 6.10 Å². The molecule has 4 aliphatic rings. The highest BCUT2D eigenvalue weighted by atomic mass is 16.5. The third-order valence-corrected chi connectivity index (χ3v) is 8.38. The number of hydrogen-bond donors (Lipinski definition) is 1. The highest BCUT2D eigenvalue weighted by molar-refractivity contribution is 5.87. The second-order valence-corrected chi connectivity index (χ2v) is 9.80. The van der Waals surface area contributed by atoms with Gasteiger partial charge in [0.2, 0.25) is 0 Å². The second kappa shape index (κ2) is 7.22. The van der Waals surface area contributed by atoms with E-state index in [1.54, 1.807) is 0 Å². The summed E-state index contributed by atoms with van der Waals surface area (Å²) in [5.74, 6) is 0.0665. The third kappa shape index (κ3) is 3.24. The molecule has 0 aromatic heterocycles. The van der Waals surface area contributed by atoms with E-state index in [0.717, 1.165) is 37.7 Å². The summed E-state index contributed by atoms with van der Waals surface area (Å²) in [4.78, 5) is 35.7. The van der Waals surface area contributed by atoms with E-state index in [2.05, 4.69) is 6.92 Å². The summed E-state index contributed by atoms with van der Waals surface area (Å²) in [5, 5.41) is 11.1. The number of carbonyl (C=O) groups is 3. The van der Waals surface area contributed by atoms with Crippen molar-refractivity contribution in [3.8, 4) is 0 Å². The molecule has 0 spiro atoms. The van der Waals surface area contributed by atoms with Gasteiger partial charge in [0.25, 0.3) is 0 Å². The first-order valence-corrected chi connectivity index (χ1v) is 10.9. The van der Waals surface area contributed by atoms with E-state index >= 15 is 0 Å². The van der Waals surface area contributed by atoms with Gasteiger partial charge in [-0.05, 0) is 49.9 Å². The molecular weight excluding hydrogens is 372 g/mol. The van der Waals surface area contributed by atoms with Crippen molar-refractivity contribution >= 4 is 17.7 Å². The smallest absolute Gasteiger partial charge is 0.302 e. The quantitative estimate of drug-likeness (QED) is 0.575. The van der Waals surface area contributed by atoms with Crippen LogP contribution in [0.3, 0.4) is 0 Å². The van der Waals surface area contributed by atoms with E-state index in [4.69, 9.17) is 9.47 Å². The molecule has 4 aliphatic carbocycles. The summed E-state index contributed by atoms with van der Waals surface area (Å²) in [7, 11) is 0. The van der Waals surface area contributed by atoms with Crippen molar-refractivity contribution in [3.63, 3.8) is 0 Å². The number of esters is 2. The minimum Gasteiger partial charge on any atom is -0.465 e. The zero-order valence-corrected chi connectivity index (χ0v) is 17.6. The van der Waals surface area contributed by atoms with Crippen molar-refractivity contribution in [2.45, 2.75) is 77.9 Å². The number of fused-ring (bicyclic) bond motifs is 5. The topological polar surface area (TPSA) is 89.9 Å². The maximum absolute atomic E-state index is 12.6. The van der Waals surface area contributed by atoms with Crippen molar-refractivity contribution < 1.29 is 29.0 Å². The molecule has 0 aromatic carbocycles. The van der Waals surface area contributed by atoms with Crippen LogP contribution >= 0.6 is 0 Å². The summed E-state index contributed by atoms with van der Waals surface area (Å²) in [6, 6.07) is 0. The van der Waals surface area contributed by atoms with Crippen molar-refractivity contribution in [2.24, 2.45) is 28.6 Å². The van der Waals surface area contributed by atoms with E-state index < -0.39 is 6.10 Å². The van der Waals surface area contributed by atoms with Crippen molar-refractivity contribution in [1.82, 2.24) is 0 Å². The maximum atomic E-state index is 12.6. The maximum Gasteiger partial charge on any atom is 0.302 e. The molecule has 29 heavy (non-hydrogen) atoms. The lowest BCUT2D eigenvalue weighted by Gasteiger charge is -2.58. The van der Waals surface area contributed by atoms with Gasteiger partial charge in [0, 0.05) is 37.5 Å². The first-order chi connectivity index (χ1) is 13.7. The number of hydrogen-bond acceptors (Lipinski definition) is 6. The third-order valence-electron chi connectivity index (χ3n) is 8.38. The number of ether oxygens (including phenoxy) is 2. The molecule has 0 amide bonds. The van der Waals surface area contributed by atoms with Crippen LogP contribution in [-0.4, -0.2) is 41.6 Å². The van der Waals surface area contributed by atoms with Gasteiger partial charge in [0.15, 0.2) is 0 Å². The Kier molecular flexibility index (Phi) is 5.12. The number of rotatable bonds is 3. The average Bonchev–Trinajstić information content (AvgIpc) is 2.95. The zero-order chi connectivity index (χ0) is 21.0. The summed E-state index contributed by atoms with van der Waals surface area (Å²) in [6.07, 6.45) is 6.26. The van der Waals surface area contributed by atoms with Crippen LogP contribution in [-0.2, 0) is 23.9 Å².